The molecule has 5 rings (SSSR count). The van der Waals surface area contributed by atoms with Crippen LogP contribution in [0.25, 0.3) is 17.2 Å². The van der Waals surface area contributed by atoms with Crippen LogP contribution in [0.15, 0.2) is 68.7 Å². The molecule has 0 spiro atoms. The molecule has 2 aromatic heterocycles. The Kier molecular flexibility index (Phi) is 5.40. The molecular weight excluding hydrogens is 436 g/mol. The van der Waals surface area contributed by atoms with Crippen LogP contribution in [-0.4, -0.2) is 48.4 Å². The SMILES string of the molecule is Cc1ccc(-n2nc(-c3noc(C(=O)N4CC[C@H](c5ccccc5)C4)n3)c(=O)n(C)c2=O)cc1. The van der Waals surface area contributed by atoms with Gasteiger partial charge in [0.05, 0.1) is 5.69 Å². The molecule has 1 amide bonds. The van der Waals surface area contributed by atoms with Gasteiger partial charge < -0.3 is 9.42 Å². The average Bonchev–Trinajstić information content (AvgIpc) is 3.54. The number of rotatable bonds is 4. The number of benzene rings is 2. The van der Waals surface area contributed by atoms with Crippen LogP contribution in [0.4, 0.5) is 0 Å². The van der Waals surface area contributed by atoms with E-state index in [1.807, 2.05) is 49.4 Å². The lowest BCUT2D eigenvalue weighted by Gasteiger charge is -2.14. The molecule has 0 saturated carbocycles. The van der Waals surface area contributed by atoms with E-state index in [1.54, 1.807) is 17.0 Å². The van der Waals surface area contributed by atoms with E-state index in [0.29, 0.717) is 18.8 Å². The van der Waals surface area contributed by atoms with E-state index in [-0.39, 0.29) is 23.3 Å². The van der Waals surface area contributed by atoms with Crippen LogP contribution in [0.5, 0.6) is 0 Å². The minimum Gasteiger partial charge on any atom is -0.334 e. The van der Waals surface area contributed by atoms with E-state index in [0.717, 1.165) is 21.2 Å². The van der Waals surface area contributed by atoms with Crippen molar-refractivity contribution in [2.45, 2.75) is 19.3 Å². The molecule has 1 atom stereocenters. The summed E-state index contributed by atoms with van der Waals surface area (Å²) in [6.07, 6.45) is 0.834. The van der Waals surface area contributed by atoms with E-state index in [4.69, 9.17) is 4.52 Å². The first kappa shape index (κ1) is 21.5. The van der Waals surface area contributed by atoms with Gasteiger partial charge in [-0.05, 0) is 31.0 Å². The third-order valence-electron chi connectivity index (χ3n) is 6.02. The molecule has 0 bridgehead atoms. The van der Waals surface area contributed by atoms with Gasteiger partial charge in [-0.25, -0.2) is 4.79 Å². The Morgan fingerprint density at radius 2 is 1.79 bits per heavy atom. The number of likely N-dealkylation sites (tertiary alicyclic amines) is 1. The Morgan fingerprint density at radius 3 is 2.53 bits per heavy atom. The Morgan fingerprint density at radius 1 is 1.06 bits per heavy atom. The zero-order valence-electron chi connectivity index (χ0n) is 18.7. The van der Waals surface area contributed by atoms with Gasteiger partial charge in [0.25, 0.3) is 5.56 Å². The van der Waals surface area contributed by atoms with E-state index < -0.39 is 17.2 Å². The molecule has 1 aliphatic rings. The van der Waals surface area contributed by atoms with Gasteiger partial charge in [-0.2, -0.15) is 14.8 Å². The van der Waals surface area contributed by atoms with Crippen LogP contribution >= 0.6 is 0 Å². The van der Waals surface area contributed by atoms with Gasteiger partial charge >= 0.3 is 17.5 Å². The number of hydrogen-bond donors (Lipinski definition) is 0. The van der Waals surface area contributed by atoms with Gasteiger partial charge in [0.1, 0.15) is 0 Å². The lowest BCUT2D eigenvalue weighted by atomic mass is 9.99. The summed E-state index contributed by atoms with van der Waals surface area (Å²) in [6.45, 7) is 3.03. The first-order valence-corrected chi connectivity index (χ1v) is 10.9. The molecule has 1 fully saturated rings. The zero-order valence-corrected chi connectivity index (χ0v) is 18.7. The Balaban J connectivity index is 1.43. The Bertz CT molecular complexity index is 1470. The molecule has 10 heteroatoms. The summed E-state index contributed by atoms with van der Waals surface area (Å²) in [7, 11) is 1.35. The highest BCUT2D eigenvalue weighted by molar-refractivity contribution is 5.90. The van der Waals surface area contributed by atoms with Crippen molar-refractivity contribution in [3.05, 3.63) is 92.5 Å². The highest BCUT2D eigenvalue weighted by Crippen LogP contribution is 2.28. The predicted octanol–water partition coefficient (Wildman–Crippen LogP) is 1.92. The standard InChI is InChI=1S/C24H22N6O4/c1-15-8-10-18(11-9-15)30-24(33)28(2)22(31)19(26-30)20-25-21(34-27-20)23(32)29-13-12-17(14-29)16-6-4-3-5-7-16/h3-11,17H,12-14H2,1-2H3/t17-/m0/s1. The monoisotopic (exact) mass is 458 g/mol. The van der Waals surface area contributed by atoms with Gasteiger partial charge in [-0.15, -0.1) is 0 Å². The number of amides is 1. The van der Waals surface area contributed by atoms with Crippen molar-refractivity contribution in [2.75, 3.05) is 13.1 Å². The second-order valence-electron chi connectivity index (χ2n) is 8.31. The summed E-state index contributed by atoms with van der Waals surface area (Å²) >= 11 is 0. The molecule has 3 heterocycles. The Hall–Kier alpha value is -4.34. The molecule has 0 aliphatic carbocycles. The molecule has 1 aliphatic heterocycles. The van der Waals surface area contributed by atoms with Crippen LogP contribution in [0.1, 0.15) is 34.2 Å². The van der Waals surface area contributed by atoms with E-state index in [2.05, 4.69) is 15.2 Å². The summed E-state index contributed by atoms with van der Waals surface area (Å²) in [5, 5.41) is 8.00. The number of carbonyl (C=O) groups excluding carboxylic acids is 1. The van der Waals surface area contributed by atoms with Gasteiger partial charge in [0, 0.05) is 26.1 Å². The third kappa shape index (κ3) is 3.83. The van der Waals surface area contributed by atoms with E-state index >= 15 is 0 Å². The number of nitrogens with zero attached hydrogens (tertiary/aromatic N) is 6. The van der Waals surface area contributed by atoms with Crippen LogP contribution in [0.3, 0.4) is 0 Å². The molecule has 172 valence electrons. The first-order valence-electron chi connectivity index (χ1n) is 10.9. The molecule has 2 aromatic carbocycles. The normalized spacial score (nSPS) is 15.6. The van der Waals surface area contributed by atoms with Gasteiger partial charge in [-0.3, -0.25) is 14.2 Å². The molecule has 34 heavy (non-hydrogen) atoms. The number of aromatic nitrogens is 5. The highest BCUT2D eigenvalue weighted by atomic mass is 16.5. The van der Waals surface area contributed by atoms with Crippen molar-refractivity contribution in [1.82, 2.24) is 29.4 Å². The second-order valence-corrected chi connectivity index (χ2v) is 8.31. The lowest BCUT2D eigenvalue weighted by molar-refractivity contribution is 0.0741. The fourth-order valence-electron chi connectivity index (χ4n) is 4.05. The molecule has 10 nitrogen and oxygen atoms in total. The average molecular weight is 458 g/mol. The smallest absolute Gasteiger partial charge is 0.334 e. The number of aryl methyl sites for hydroxylation is 1. The van der Waals surface area contributed by atoms with Gasteiger partial charge in [0.15, 0.2) is 5.69 Å². The van der Waals surface area contributed by atoms with Crippen LogP contribution in [0, 0.1) is 6.92 Å². The van der Waals surface area contributed by atoms with Crippen LogP contribution in [-0.2, 0) is 7.05 Å². The van der Waals surface area contributed by atoms with Crippen molar-refractivity contribution < 1.29 is 9.32 Å². The highest BCUT2D eigenvalue weighted by Gasteiger charge is 2.31. The predicted molar refractivity (Wildman–Crippen MR) is 123 cm³/mol. The molecule has 0 N–H and O–H groups in total. The van der Waals surface area contributed by atoms with Crippen molar-refractivity contribution in [3.8, 4) is 17.2 Å². The second kappa shape index (κ2) is 8.54. The molecular formula is C24H22N6O4. The molecule has 0 radical (unpaired) electrons. The largest absolute Gasteiger partial charge is 0.351 e. The van der Waals surface area contributed by atoms with Crippen LogP contribution in [0.2, 0.25) is 0 Å². The molecule has 1 saturated heterocycles. The first-order chi connectivity index (χ1) is 16.4. The minimum atomic E-state index is -0.682. The van der Waals surface area contributed by atoms with Crippen molar-refractivity contribution in [1.29, 1.82) is 0 Å². The van der Waals surface area contributed by atoms with E-state index in [9.17, 15) is 14.4 Å². The fraction of sp³-hybridized carbons (Fsp3) is 0.250. The zero-order chi connectivity index (χ0) is 23.8. The maximum Gasteiger partial charge on any atom is 0.351 e. The topological polar surface area (TPSA) is 116 Å². The quantitative estimate of drug-likeness (QED) is 0.459. The lowest BCUT2D eigenvalue weighted by Crippen LogP contribution is -2.40. The van der Waals surface area contributed by atoms with Crippen molar-refractivity contribution >= 4 is 5.91 Å². The third-order valence-corrected chi connectivity index (χ3v) is 6.02. The van der Waals surface area contributed by atoms with Crippen LogP contribution < -0.4 is 11.2 Å². The van der Waals surface area contributed by atoms with E-state index in [1.165, 1.54) is 12.6 Å². The summed E-state index contributed by atoms with van der Waals surface area (Å²) in [5.41, 5.74) is 1.19. The van der Waals surface area contributed by atoms with Crippen molar-refractivity contribution in [2.24, 2.45) is 7.05 Å². The fourth-order valence-corrected chi connectivity index (χ4v) is 4.05. The molecule has 4 aromatic rings. The number of carbonyl (C=O) groups is 1. The van der Waals surface area contributed by atoms with Crippen molar-refractivity contribution in [3.63, 3.8) is 0 Å². The summed E-state index contributed by atoms with van der Waals surface area (Å²) in [4.78, 5) is 44.1. The Labute approximate surface area is 194 Å². The molecule has 0 unspecified atom stereocenters. The summed E-state index contributed by atoms with van der Waals surface area (Å²) in [6, 6.07) is 17.1. The summed E-state index contributed by atoms with van der Waals surface area (Å²) < 4.78 is 7.21. The van der Waals surface area contributed by atoms with Gasteiger partial charge in [0.2, 0.25) is 5.82 Å². The minimum absolute atomic E-state index is 0.149. The maximum absolute atomic E-state index is 13.0. The number of hydrogen-bond acceptors (Lipinski definition) is 7. The summed E-state index contributed by atoms with van der Waals surface area (Å²) in [5.74, 6) is -0.537. The maximum atomic E-state index is 13.0. The van der Waals surface area contributed by atoms with Gasteiger partial charge in [-0.1, -0.05) is 53.2 Å².